The van der Waals surface area contributed by atoms with Gasteiger partial charge in [-0.15, -0.1) is 0 Å². The summed E-state index contributed by atoms with van der Waals surface area (Å²) < 4.78 is 0. The van der Waals surface area contributed by atoms with E-state index in [-0.39, 0.29) is 0 Å². The molecule has 0 aromatic carbocycles. The molecule has 0 spiro atoms. The van der Waals surface area contributed by atoms with Gasteiger partial charge in [0.1, 0.15) is 6.04 Å². The van der Waals surface area contributed by atoms with E-state index in [0.717, 1.165) is 13.0 Å². The number of likely N-dealkylation sites (N-methyl/N-ethyl adjacent to an activating group) is 1. The van der Waals surface area contributed by atoms with Crippen molar-refractivity contribution in [2.75, 3.05) is 20.1 Å². The number of nitrogens with one attached hydrogen (secondary N) is 1. The Hall–Kier alpha value is -0.610. The third-order valence-electron chi connectivity index (χ3n) is 3.07. The van der Waals surface area contributed by atoms with Crippen LogP contribution in [0.4, 0.5) is 0 Å². The Kier molecular flexibility index (Phi) is 7.34. The molecule has 0 amide bonds. The molecule has 0 saturated heterocycles. The Morgan fingerprint density at radius 3 is 2.31 bits per heavy atom. The molecule has 0 fully saturated rings. The van der Waals surface area contributed by atoms with Crippen LogP contribution >= 0.6 is 0 Å². The van der Waals surface area contributed by atoms with Crippen molar-refractivity contribution in [2.45, 2.75) is 46.2 Å². The van der Waals surface area contributed by atoms with Crippen molar-refractivity contribution < 1.29 is 9.90 Å². The molecule has 0 radical (unpaired) electrons. The number of carbonyl (C=O) groups is 1. The topological polar surface area (TPSA) is 52.6 Å². The third kappa shape index (κ3) is 5.47. The normalized spacial score (nSPS) is 15.4. The van der Waals surface area contributed by atoms with Gasteiger partial charge in [-0.1, -0.05) is 20.8 Å². The number of carboxylic acids is 1. The van der Waals surface area contributed by atoms with Crippen molar-refractivity contribution in [2.24, 2.45) is 5.92 Å². The SMILES string of the molecule is CCCNC(CN(C)C(C)C(C)C)C(=O)O. The molecule has 2 atom stereocenters. The highest BCUT2D eigenvalue weighted by Crippen LogP contribution is 2.08. The molecule has 0 heterocycles. The highest BCUT2D eigenvalue weighted by molar-refractivity contribution is 5.73. The van der Waals surface area contributed by atoms with Gasteiger partial charge in [-0.25, -0.2) is 0 Å². The van der Waals surface area contributed by atoms with Gasteiger partial charge >= 0.3 is 5.97 Å². The number of hydrogen-bond acceptors (Lipinski definition) is 3. The number of hydrogen-bond donors (Lipinski definition) is 2. The van der Waals surface area contributed by atoms with Gasteiger partial charge < -0.3 is 15.3 Å². The lowest BCUT2D eigenvalue weighted by molar-refractivity contribution is -0.140. The summed E-state index contributed by atoms with van der Waals surface area (Å²) in [5.41, 5.74) is 0. The Labute approximate surface area is 99.0 Å². The Morgan fingerprint density at radius 1 is 1.38 bits per heavy atom. The highest BCUT2D eigenvalue weighted by atomic mass is 16.4. The van der Waals surface area contributed by atoms with E-state index in [1.54, 1.807) is 0 Å². The molecule has 0 saturated carbocycles. The lowest BCUT2D eigenvalue weighted by Gasteiger charge is -2.30. The summed E-state index contributed by atoms with van der Waals surface area (Å²) in [6.45, 7) is 9.76. The second-order valence-electron chi connectivity index (χ2n) is 4.77. The van der Waals surface area contributed by atoms with E-state index in [1.165, 1.54) is 0 Å². The first-order valence-corrected chi connectivity index (χ1v) is 6.06. The van der Waals surface area contributed by atoms with E-state index in [4.69, 9.17) is 5.11 Å². The van der Waals surface area contributed by atoms with Crippen LogP contribution in [0.25, 0.3) is 0 Å². The first kappa shape index (κ1) is 15.4. The summed E-state index contributed by atoms with van der Waals surface area (Å²) in [4.78, 5) is 13.1. The minimum absolute atomic E-state index is 0.394. The third-order valence-corrected chi connectivity index (χ3v) is 3.07. The van der Waals surface area contributed by atoms with Crippen LogP contribution in [-0.4, -0.2) is 48.2 Å². The van der Waals surface area contributed by atoms with Crippen molar-refractivity contribution in [3.63, 3.8) is 0 Å². The lowest BCUT2D eigenvalue weighted by Crippen LogP contribution is -2.48. The number of carboxylic acid groups (broad SMARTS) is 1. The van der Waals surface area contributed by atoms with E-state index in [9.17, 15) is 4.79 Å². The van der Waals surface area contributed by atoms with Gasteiger partial charge in [0.2, 0.25) is 0 Å². The monoisotopic (exact) mass is 230 g/mol. The van der Waals surface area contributed by atoms with Crippen LogP contribution in [-0.2, 0) is 4.79 Å². The summed E-state index contributed by atoms with van der Waals surface area (Å²) in [6.07, 6.45) is 0.952. The van der Waals surface area contributed by atoms with Gasteiger partial charge in [0.05, 0.1) is 0 Å². The van der Waals surface area contributed by atoms with Crippen LogP contribution < -0.4 is 5.32 Å². The number of aliphatic carboxylic acids is 1. The first-order valence-electron chi connectivity index (χ1n) is 6.06. The second-order valence-corrected chi connectivity index (χ2v) is 4.77. The van der Waals surface area contributed by atoms with E-state index >= 15 is 0 Å². The van der Waals surface area contributed by atoms with Crippen molar-refractivity contribution >= 4 is 5.97 Å². The molecule has 0 aliphatic heterocycles. The van der Waals surface area contributed by atoms with Gasteiger partial charge in [-0.2, -0.15) is 0 Å². The van der Waals surface area contributed by atoms with Gasteiger partial charge in [-0.3, -0.25) is 4.79 Å². The van der Waals surface area contributed by atoms with Gasteiger partial charge in [0.25, 0.3) is 0 Å². The molecule has 0 aromatic rings. The van der Waals surface area contributed by atoms with Crippen molar-refractivity contribution in [1.29, 1.82) is 0 Å². The number of rotatable bonds is 8. The molecule has 0 bridgehead atoms. The summed E-state index contributed by atoms with van der Waals surface area (Å²) in [7, 11) is 1.98. The van der Waals surface area contributed by atoms with Crippen LogP contribution in [0.3, 0.4) is 0 Å². The molecule has 96 valence electrons. The minimum Gasteiger partial charge on any atom is -0.480 e. The molecule has 0 aromatic heterocycles. The Morgan fingerprint density at radius 2 is 1.94 bits per heavy atom. The van der Waals surface area contributed by atoms with E-state index in [0.29, 0.717) is 18.5 Å². The van der Waals surface area contributed by atoms with Gasteiger partial charge in [0.15, 0.2) is 0 Å². The molecule has 4 nitrogen and oxygen atoms in total. The Balaban J connectivity index is 4.22. The maximum absolute atomic E-state index is 11.0. The standard InChI is InChI=1S/C12H26N2O2/c1-6-7-13-11(12(15)16)8-14(5)10(4)9(2)3/h9-11,13H,6-8H2,1-5H3,(H,15,16). The molecule has 2 unspecified atom stereocenters. The maximum atomic E-state index is 11.0. The molecule has 16 heavy (non-hydrogen) atoms. The average Bonchev–Trinajstić information content (AvgIpc) is 2.21. The summed E-state index contributed by atoms with van der Waals surface area (Å²) >= 11 is 0. The fourth-order valence-corrected chi connectivity index (χ4v) is 1.51. The number of nitrogens with zero attached hydrogens (tertiary/aromatic N) is 1. The fraction of sp³-hybridized carbons (Fsp3) is 0.917. The molecule has 0 aliphatic rings. The Bertz CT molecular complexity index is 207. The van der Waals surface area contributed by atoms with Crippen molar-refractivity contribution in [1.82, 2.24) is 10.2 Å². The average molecular weight is 230 g/mol. The maximum Gasteiger partial charge on any atom is 0.322 e. The molecular weight excluding hydrogens is 204 g/mol. The van der Waals surface area contributed by atoms with Crippen molar-refractivity contribution in [3.05, 3.63) is 0 Å². The van der Waals surface area contributed by atoms with Gasteiger partial charge in [0, 0.05) is 12.6 Å². The largest absolute Gasteiger partial charge is 0.480 e. The smallest absolute Gasteiger partial charge is 0.322 e. The predicted molar refractivity (Wildman–Crippen MR) is 66.6 cm³/mol. The van der Waals surface area contributed by atoms with E-state index in [2.05, 4.69) is 31.0 Å². The fourth-order valence-electron chi connectivity index (χ4n) is 1.51. The lowest BCUT2D eigenvalue weighted by atomic mass is 10.0. The highest BCUT2D eigenvalue weighted by Gasteiger charge is 2.22. The zero-order valence-electron chi connectivity index (χ0n) is 11.2. The van der Waals surface area contributed by atoms with Crippen LogP contribution in [0.5, 0.6) is 0 Å². The molecule has 0 aliphatic carbocycles. The molecule has 2 N–H and O–H groups in total. The van der Waals surface area contributed by atoms with E-state index in [1.807, 2.05) is 14.0 Å². The quantitative estimate of drug-likeness (QED) is 0.662. The van der Waals surface area contributed by atoms with Gasteiger partial charge in [-0.05, 0) is 32.9 Å². The predicted octanol–water partition coefficient (Wildman–Crippen LogP) is 1.42. The van der Waals surface area contributed by atoms with Crippen LogP contribution in [0.1, 0.15) is 34.1 Å². The van der Waals surface area contributed by atoms with E-state index < -0.39 is 12.0 Å². The zero-order chi connectivity index (χ0) is 12.7. The van der Waals surface area contributed by atoms with Crippen molar-refractivity contribution in [3.8, 4) is 0 Å². The summed E-state index contributed by atoms with van der Waals surface area (Å²) in [5, 5.41) is 12.1. The van der Waals surface area contributed by atoms with Crippen LogP contribution in [0, 0.1) is 5.92 Å². The molecule has 4 heteroatoms. The zero-order valence-corrected chi connectivity index (χ0v) is 11.2. The summed E-state index contributed by atoms with van der Waals surface area (Å²) in [6, 6.07) is -0.0728. The molecular formula is C12H26N2O2. The minimum atomic E-state index is -0.767. The van der Waals surface area contributed by atoms with Crippen LogP contribution in [0.2, 0.25) is 0 Å². The second kappa shape index (κ2) is 7.63. The summed E-state index contributed by atoms with van der Waals surface area (Å²) in [5.74, 6) is -0.234. The molecule has 0 rings (SSSR count). The van der Waals surface area contributed by atoms with Crippen LogP contribution in [0.15, 0.2) is 0 Å². The first-order chi connectivity index (χ1) is 7.40.